The van der Waals surface area contributed by atoms with Crippen LogP contribution in [0.1, 0.15) is 16.2 Å². The molecule has 0 unspecified atom stereocenters. The van der Waals surface area contributed by atoms with Crippen molar-refractivity contribution in [3.63, 3.8) is 0 Å². The Morgan fingerprint density at radius 3 is 2.17 bits per heavy atom. The van der Waals surface area contributed by atoms with Crippen molar-refractivity contribution in [3.8, 4) is 17.2 Å². The normalized spacial score (nSPS) is 10.2. The minimum absolute atomic E-state index is 0.247. The van der Waals surface area contributed by atoms with Crippen LogP contribution >= 0.6 is 0 Å². The number of methoxy groups -OCH3 is 3. The number of anilines is 3. The van der Waals surface area contributed by atoms with Crippen molar-refractivity contribution in [2.24, 2.45) is 0 Å². The summed E-state index contributed by atoms with van der Waals surface area (Å²) in [5.74, 6) is 1.86. The van der Waals surface area contributed by atoms with E-state index in [-0.39, 0.29) is 11.6 Å². The highest BCUT2D eigenvalue weighted by molar-refractivity contribution is 6.03. The van der Waals surface area contributed by atoms with Crippen molar-refractivity contribution in [2.45, 2.75) is 6.92 Å². The molecule has 0 radical (unpaired) electrons. The second kappa shape index (κ2) is 8.92. The van der Waals surface area contributed by atoms with Crippen LogP contribution in [0.3, 0.4) is 0 Å². The van der Waals surface area contributed by atoms with Gasteiger partial charge >= 0.3 is 0 Å². The number of amides is 1. The van der Waals surface area contributed by atoms with Gasteiger partial charge in [0.25, 0.3) is 5.91 Å². The SMILES string of the molecule is COc1ccc(NC(=O)c2cc(C)nc(Nc3ccc(OC)c(OC)c3)n2)cc1. The van der Waals surface area contributed by atoms with Crippen LogP contribution in [-0.4, -0.2) is 37.2 Å². The lowest BCUT2D eigenvalue weighted by molar-refractivity contribution is 0.102. The molecule has 0 spiro atoms. The molecule has 3 aromatic rings. The standard InChI is InChI=1S/C21H22N4O4/c1-13-11-17(20(26)23-14-5-8-16(27-2)9-6-14)25-21(22-13)24-15-7-10-18(28-3)19(12-15)29-4/h5-12H,1-4H3,(H,23,26)(H,22,24,25). The first-order chi connectivity index (χ1) is 14.0. The molecule has 8 nitrogen and oxygen atoms in total. The Morgan fingerprint density at radius 1 is 0.828 bits per heavy atom. The molecule has 2 N–H and O–H groups in total. The number of carbonyl (C=O) groups is 1. The average Bonchev–Trinajstić information content (AvgIpc) is 2.73. The molecule has 1 aromatic heterocycles. The van der Waals surface area contributed by atoms with Gasteiger partial charge in [-0.3, -0.25) is 4.79 Å². The summed E-state index contributed by atoms with van der Waals surface area (Å²) in [6, 6.07) is 14.0. The molecule has 3 rings (SSSR count). The van der Waals surface area contributed by atoms with Gasteiger partial charge in [-0.2, -0.15) is 0 Å². The van der Waals surface area contributed by atoms with Crippen molar-refractivity contribution in [2.75, 3.05) is 32.0 Å². The largest absolute Gasteiger partial charge is 0.497 e. The molecule has 0 aliphatic carbocycles. The fraction of sp³-hybridized carbons (Fsp3) is 0.190. The van der Waals surface area contributed by atoms with Gasteiger partial charge in [0.1, 0.15) is 11.4 Å². The molecule has 150 valence electrons. The Morgan fingerprint density at radius 2 is 1.52 bits per heavy atom. The smallest absolute Gasteiger partial charge is 0.274 e. The van der Waals surface area contributed by atoms with E-state index >= 15 is 0 Å². The lowest BCUT2D eigenvalue weighted by Gasteiger charge is -2.12. The molecule has 0 bridgehead atoms. The van der Waals surface area contributed by atoms with Crippen LogP contribution in [0.5, 0.6) is 17.2 Å². The number of nitrogens with zero attached hydrogens (tertiary/aromatic N) is 2. The Balaban J connectivity index is 1.79. The van der Waals surface area contributed by atoms with Crippen LogP contribution in [0.25, 0.3) is 0 Å². The Hall–Kier alpha value is -3.81. The van der Waals surface area contributed by atoms with Gasteiger partial charge in [-0.05, 0) is 49.4 Å². The van der Waals surface area contributed by atoms with E-state index in [1.165, 1.54) is 0 Å². The minimum Gasteiger partial charge on any atom is -0.497 e. The summed E-state index contributed by atoms with van der Waals surface area (Å²) in [6.07, 6.45) is 0. The van der Waals surface area contributed by atoms with Crippen molar-refractivity contribution in [1.29, 1.82) is 0 Å². The van der Waals surface area contributed by atoms with Gasteiger partial charge in [-0.15, -0.1) is 0 Å². The highest BCUT2D eigenvalue weighted by Gasteiger charge is 2.12. The van der Waals surface area contributed by atoms with Crippen LogP contribution < -0.4 is 24.8 Å². The highest BCUT2D eigenvalue weighted by atomic mass is 16.5. The van der Waals surface area contributed by atoms with Gasteiger partial charge in [-0.1, -0.05) is 0 Å². The summed E-state index contributed by atoms with van der Waals surface area (Å²) in [6.45, 7) is 1.80. The molecule has 0 saturated carbocycles. The minimum atomic E-state index is -0.337. The van der Waals surface area contributed by atoms with Crippen molar-refractivity contribution >= 4 is 23.2 Å². The Labute approximate surface area is 168 Å². The van der Waals surface area contributed by atoms with Gasteiger partial charge < -0.3 is 24.8 Å². The lowest BCUT2D eigenvalue weighted by Crippen LogP contribution is -2.15. The van der Waals surface area contributed by atoms with Gasteiger partial charge in [0.05, 0.1) is 21.3 Å². The predicted molar refractivity (Wildman–Crippen MR) is 111 cm³/mol. The zero-order valence-electron chi connectivity index (χ0n) is 16.6. The number of ether oxygens (including phenoxy) is 3. The molecule has 1 heterocycles. The molecule has 0 fully saturated rings. The van der Waals surface area contributed by atoms with Crippen molar-refractivity contribution in [1.82, 2.24) is 9.97 Å². The molecule has 1 amide bonds. The first-order valence-corrected chi connectivity index (χ1v) is 8.82. The summed E-state index contributed by atoms with van der Waals surface area (Å²) in [7, 11) is 4.72. The fourth-order valence-electron chi connectivity index (χ4n) is 2.65. The lowest BCUT2D eigenvalue weighted by atomic mass is 10.2. The van der Waals surface area contributed by atoms with Crippen molar-refractivity contribution < 1.29 is 19.0 Å². The van der Waals surface area contributed by atoms with Gasteiger partial charge in [-0.25, -0.2) is 9.97 Å². The second-order valence-electron chi connectivity index (χ2n) is 6.10. The third kappa shape index (κ3) is 4.92. The number of aromatic nitrogens is 2. The average molecular weight is 394 g/mol. The molecule has 0 saturated heterocycles. The van der Waals surface area contributed by atoms with E-state index in [4.69, 9.17) is 14.2 Å². The van der Waals surface area contributed by atoms with Gasteiger partial charge in [0.15, 0.2) is 11.5 Å². The number of hydrogen-bond donors (Lipinski definition) is 2. The topological polar surface area (TPSA) is 94.6 Å². The van der Waals surface area contributed by atoms with E-state index in [1.807, 2.05) is 6.07 Å². The van der Waals surface area contributed by atoms with Crippen LogP contribution in [0.2, 0.25) is 0 Å². The molecule has 29 heavy (non-hydrogen) atoms. The number of hydrogen-bond acceptors (Lipinski definition) is 7. The maximum atomic E-state index is 12.6. The molecule has 2 aromatic carbocycles. The fourth-order valence-corrected chi connectivity index (χ4v) is 2.65. The van der Waals surface area contributed by atoms with E-state index in [2.05, 4.69) is 20.6 Å². The highest BCUT2D eigenvalue weighted by Crippen LogP contribution is 2.30. The summed E-state index contributed by atoms with van der Waals surface area (Å²) in [4.78, 5) is 21.3. The van der Waals surface area contributed by atoms with Crippen LogP contribution in [0, 0.1) is 6.92 Å². The van der Waals surface area contributed by atoms with E-state index < -0.39 is 0 Å². The van der Waals surface area contributed by atoms with Crippen LogP contribution in [-0.2, 0) is 0 Å². The third-order valence-electron chi connectivity index (χ3n) is 4.07. The van der Waals surface area contributed by atoms with E-state index in [9.17, 15) is 4.79 Å². The third-order valence-corrected chi connectivity index (χ3v) is 4.07. The van der Waals surface area contributed by atoms with Crippen LogP contribution in [0.4, 0.5) is 17.3 Å². The summed E-state index contributed by atoms with van der Waals surface area (Å²) in [5, 5.41) is 5.90. The molecule has 0 aliphatic rings. The molecular weight excluding hydrogens is 372 g/mol. The second-order valence-corrected chi connectivity index (χ2v) is 6.10. The Kier molecular flexibility index (Phi) is 6.13. The van der Waals surface area contributed by atoms with Gasteiger partial charge in [0, 0.05) is 23.1 Å². The molecule has 0 aliphatic heterocycles. The van der Waals surface area contributed by atoms with Crippen LogP contribution in [0.15, 0.2) is 48.5 Å². The number of carbonyl (C=O) groups excluding carboxylic acids is 1. The quantitative estimate of drug-likeness (QED) is 0.629. The number of rotatable bonds is 7. The molecule has 8 heteroatoms. The summed E-state index contributed by atoms with van der Waals surface area (Å²) in [5.41, 5.74) is 2.25. The van der Waals surface area contributed by atoms with E-state index in [0.717, 1.165) is 0 Å². The van der Waals surface area contributed by atoms with E-state index in [0.29, 0.717) is 40.3 Å². The van der Waals surface area contributed by atoms with Crippen molar-refractivity contribution in [3.05, 3.63) is 59.9 Å². The summed E-state index contributed by atoms with van der Waals surface area (Å²) < 4.78 is 15.7. The first kappa shape index (κ1) is 19.9. The molecule has 0 atom stereocenters. The Bertz CT molecular complexity index is 1010. The number of aryl methyl sites for hydroxylation is 1. The zero-order chi connectivity index (χ0) is 20.8. The number of nitrogens with one attached hydrogen (secondary N) is 2. The van der Waals surface area contributed by atoms with E-state index in [1.54, 1.807) is 70.7 Å². The summed E-state index contributed by atoms with van der Waals surface area (Å²) >= 11 is 0. The maximum absolute atomic E-state index is 12.6. The monoisotopic (exact) mass is 394 g/mol. The first-order valence-electron chi connectivity index (χ1n) is 8.82. The van der Waals surface area contributed by atoms with Gasteiger partial charge in [0.2, 0.25) is 5.95 Å². The maximum Gasteiger partial charge on any atom is 0.274 e. The predicted octanol–water partition coefficient (Wildman–Crippen LogP) is 3.81. The zero-order valence-corrected chi connectivity index (χ0v) is 16.6. The molecular formula is C21H22N4O4. The number of benzene rings is 2.